The molecule has 1 aromatic carbocycles. The number of carbonyl (C=O) groups excluding carboxylic acids is 1. The highest BCUT2D eigenvalue weighted by atomic mass is 32.2. The molecule has 3 heterocycles. The molecule has 31 heavy (non-hydrogen) atoms. The highest BCUT2D eigenvalue weighted by Gasteiger charge is 2.25. The van der Waals surface area contributed by atoms with Gasteiger partial charge in [0.15, 0.2) is 0 Å². The molecule has 0 spiro atoms. The number of pyridine rings is 1. The maximum absolute atomic E-state index is 12.4. The number of amides is 1. The molecule has 1 aliphatic rings. The lowest BCUT2D eigenvalue weighted by atomic mass is 9.99. The van der Waals surface area contributed by atoms with E-state index in [1.165, 1.54) is 40.4 Å². The smallest absolute Gasteiger partial charge is 0.230 e. The van der Waals surface area contributed by atoms with Crippen molar-refractivity contribution < 1.29 is 4.79 Å². The minimum absolute atomic E-state index is 0.00263. The van der Waals surface area contributed by atoms with E-state index >= 15 is 0 Å². The lowest BCUT2D eigenvalue weighted by Gasteiger charge is -2.11. The molecule has 1 N–H and O–H groups in total. The van der Waals surface area contributed by atoms with Crippen LogP contribution in [0.5, 0.6) is 0 Å². The van der Waals surface area contributed by atoms with Gasteiger partial charge in [-0.3, -0.25) is 4.79 Å². The molecular weight excluding hydrogens is 424 g/mol. The van der Waals surface area contributed by atoms with Crippen LogP contribution >= 0.6 is 23.1 Å². The molecule has 0 saturated carbocycles. The number of rotatable bonds is 6. The van der Waals surface area contributed by atoms with Crippen LogP contribution in [0.3, 0.4) is 0 Å². The monoisotopic (exact) mass is 448 g/mol. The number of aryl methyl sites for hydroxylation is 1. The molecule has 0 fully saturated rings. The van der Waals surface area contributed by atoms with Gasteiger partial charge in [0.25, 0.3) is 0 Å². The minimum Gasteiger partial charge on any atom is -0.351 e. The number of hydrogen-bond acceptors (Lipinski definition) is 6. The number of benzene rings is 1. The Kier molecular flexibility index (Phi) is 5.63. The Balaban J connectivity index is 1.42. The summed E-state index contributed by atoms with van der Waals surface area (Å²) >= 11 is 3.13. The third-order valence-corrected chi connectivity index (χ3v) is 7.89. The molecule has 5 nitrogen and oxygen atoms in total. The Morgan fingerprint density at radius 2 is 1.97 bits per heavy atom. The van der Waals surface area contributed by atoms with Crippen molar-refractivity contribution in [1.82, 2.24) is 20.3 Å². The zero-order chi connectivity index (χ0) is 21.4. The van der Waals surface area contributed by atoms with Crippen molar-refractivity contribution in [2.24, 2.45) is 0 Å². The van der Waals surface area contributed by atoms with Gasteiger partial charge < -0.3 is 5.32 Å². The van der Waals surface area contributed by atoms with E-state index in [4.69, 9.17) is 4.98 Å². The Labute approximate surface area is 189 Å². The second kappa shape index (κ2) is 8.55. The fraction of sp³-hybridized carbons (Fsp3) is 0.333. The first-order valence-electron chi connectivity index (χ1n) is 10.6. The maximum atomic E-state index is 12.4. The Morgan fingerprint density at radius 1 is 1.16 bits per heavy atom. The van der Waals surface area contributed by atoms with E-state index < -0.39 is 0 Å². The average molecular weight is 449 g/mol. The molecule has 1 amide bonds. The summed E-state index contributed by atoms with van der Waals surface area (Å²) < 4.78 is 1.04. The number of nitrogens with one attached hydrogen (secondary N) is 1. The molecule has 3 aromatic heterocycles. The van der Waals surface area contributed by atoms with Crippen molar-refractivity contribution in [2.45, 2.75) is 50.6 Å². The van der Waals surface area contributed by atoms with E-state index in [2.05, 4.69) is 29.1 Å². The van der Waals surface area contributed by atoms with Gasteiger partial charge >= 0.3 is 0 Å². The molecule has 5 rings (SSSR count). The average Bonchev–Trinajstić information content (AvgIpc) is 3.40. The van der Waals surface area contributed by atoms with Crippen LogP contribution in [0.1, 0.15) is 48.6 Å². The van der Waals surface area contributed by atoms with Gasteiger partial charge in [-0.1, -0.05) is 55.9 Å². The standard InChI is InChI=1S/C24H24N4OS2/c1-14(2)20-17-10-6-9-16(17)19-21-22(31-23(19)28-20)24(27-13-26-21)30-12-18(29)25-11-15-7-4-3-5-8-15/h3-5,7-8,13-14H,6,9-12H2,1-2H3,(H,25,29). The van der Waals surface area contributed by atoms with E-state index in [0.29, 0.717) is 18.2 Å². The third-order valence-electron chi connectivity index (χ3n) is 5.69. The van der Waals surface area contributed by atoms with Crippen LogP contribution in [0.2, 0.25) is 0 Å². The molecule has 7 heteroatoms. The van der Waals surface area contributed by atoms with Gasteiger partial charge in [-0.2, -0.15) is 0 Å². The first-order valence-corrected chi connectivity index (χ1v) is 12.4. The van der Waals surface area contributed by atoms with Crippen LogP contribution in [0, 0.1) is 0 Å². The first kappa shape index (κ1) is 20.4. The lowest BCUT2D eigenvalue weighted by Crippen LogP contribution is -2.24. The highest BCUT2D eigenvalue weighted by Crippen LogP contribution is 2.42. The predicted molar refractivity (Wildman–Crippen MR) is 128 cm³/mol. The van der Waals surface area contributed by atoms with Gasteiger partial charge in [-0.15, -0.1) is 11.3 Å². The van der Waals surface area contributed by atoms with Crippen molar-refractivity contribution in [1.29, 1.82) is 0 Å². The van der Waals surface area contributed by atoms with Crippen LogP contribution in [-0.4, -0.2) is 26.6 Å². The van der Waals surface area contributed by atoms with Crippen molar-refractivity contribution >= 4 is 49.4 Å². The van der Waals surface area contributed by atoms with E-state index in [1.54, 1.807) is 17.7 Å². The fourth-order valence-electron chi connectivity index (χ4n) is 4.27. The summed E-state index contributed by atoms with van der Waals surface area (Å²) in [4.78, 5) is 27.6. The molecule has 0 unspecified atom stereocenters. The number of thiophene rings is 1. The quantitative estimate of drug-likeness (QED) is 0.322. The molecule has 4 aromatic rings. The molecular formula is C24H24N4OS2. The molecule has 158 valence electrons. The largest absolute Gasteiger partial charge is 0.351 e. The normalized spacial score (nSPS) is 13.3. The van der Waals surface area contributed by atoms with Gasteiger partial charge in [-0.05, 0) is 41.9 Å². The van der Waals surface area contributed by atoms with Crippen molar-refractivity contribution in [2.75, 3.05) is 5.75 Å². The van der Waals surface area contributed by atoms with Crippen LogP contribution in [-0.2, 0) is 24.2 Å². The summed E-state index contributed by atoms with van der Waals surface area (Å²) in [5.41, 5.74) is 6.17. The van der Waals surface area contributed by atoms with E-state index in [1.807, 2.05) is 30.3 Å². The maximum Gasteiger partial charge on any atom is 0.230 e. The summed E-state index contributed by atoms with van der Waals surface area (Å²) in [5, 5.41) is 5.05. The second-order valence-corrected chi connectivity index (χ2v) is 10.1. The first-order chi connectivity index (χ1) is 15.1. The third kappa shape index (κ3) is 3.92. The topological polar surface area (TPSA) is 67.8 Å². The van der Waals surface area contributed by atoms with Crippen molar-refractivity contribution in [3.05, 3.63) is 59.0 Å². The Bertz CT molecular complexity index is 1270. The molecule has 0 saturated heterocycles. The number of thioether (sulfide) groups is 1. The number of carbonyl (C=O) groups is 1. The Morgan fingerprint density at radius 3 is 2.77 bits per heavy atom. The van der Waals surface area contributed by atoms with E-state index in [9.17, 15) is 4.79 Å². The zero-order valence-electron chi connectivity index (χ0n) is 17.6. The van der Waals surface area contributed by atoms with Gasteiger partial charge in [0.2, 0.25) is 5.91 Å². The van der Waals surface area contributed by atoms with Gasteiger partial charge in [0.05, 0.1) is 16.0 Å². The number of aromatic nitrogens is 3. The summed E-state index contributed by atoms with van der Waals surface area (Å²) in [6.07, 6.45) is 5.00. The summed E-state index contributed by atoms with van der Waals surface area (Å²) in [6, 6.07) is 9.95. The molecule has 0 bridgehead atoms. The van der Waals surface area contributed by atoms with Gasteiger partial charge in [0, 0.05) is 17.6 Å². The number of nitrogens with zero attached hydrogens (tertiary/aromatic N) is 3. The number of hydrogen-bond donors (Lipinski definition) is 1. The lowest BCUT2D eigenvalue weighted by molar-refractivity contribution is -0.118. The molecule has 0 radical (unpaired) electrons. The van der Waals surface area contributed by atoms with Crippen LogP contribution in [0.25, 0.3) is 20.4 Å². The predicted octanol–water partition coefficient (Wildman–Crippen LogP) is 5.26. The summed E-state index contributed by atoms with van der Waals surface area (Å²) in [7, 11) is 0. The van der Waals surface area contributed by atoms with Crippen LogP contribution < -0.4 is 5.32 Å². The van der Waals surface area contributed by atoms with E-state index in [-0.39, 0.29) is 5.91 Å². The molecule has 0 atom stereocenters. The van der Waals surface area contributed by atoms with Crippen molar-refractivity contribution in [3.8, 4) is 0 Å². The molecule has 1 aliphatic carbocycles. The second-order valence-electron chi connectivity index (χ2n) is 8.15. The Hall–Kier alpha value is -2.51. The van der Waals surface area contributed by atoms with Crippen LogP contribution in [0.4, 0.5) is 0 Å². The van der Waals surface area contributed by atoms with Crippen molar-refractivity contribution in [3.63, 3.8) is 0 Å². The highest BCUT2D eigenvalue weighted by molar-refractivity contribution is 8.00. The van der Waals surface area contributed by atoms with Crippen LogP contribution in [0.15, 0.2) is 41.7 Å². The fourth-order valence-corrected chi connectivity index (χ4v) is 6.34. The number of fused-ring (bicyclic) bond motifs is 5. The van der Waals surface area contributed by atoms with E-state index in [0.717, 1.165) is 38.5 Å². The summed E-state index contributed by atoms with van der Waals surface area (Å²) in [5.74, 6) is 0.744. The molecule has 0 aliphatic heterocycles. The SMILES string of the molecule is CC(C)c1nc2sc3c(SCC(=O)NCc4ccccc4)ncnc3c2c2c1CCC2. The van der Waals surface area contributed by atoms with Gasteiger partial charge in [-0.25, -0.2) is 15.0 Å². The zero-order valence-corrected chi connectivity index (χ0v) is 19.3. The summed E-state index contributed by atoms with van der Waals surface area (Å²) in [6.45, 7) is 4.97. The van der Waals surface area contributed by atoms with Gasteiger partial charge in [0.1, 0.15) is 16.2 Å². The minimum atomic E-state index is 0.00263.